The maximum atomic E-state index is 11.5. The van der Waals surface area contributed by atoms with Crippen molar-refractivity contribution in [1.29, 1.82) is 0 Å². The van der Waals surface area contributed by atoms with Gasteiger partial charge in [0.05, 0.1) is 6.10 Å². The summed E-state index contributed by atoms with van der Waals surface area (Å²) in [7, 11) is 1.55. The van der Waals surface area contributed by atoms with E-state index < -0.39 is 18.2 Å². The lowest BCUT2D eigenvalue weighted by atomic mass is 10.3. The number of esters is 1. The number of methoxy groups -OCH3 is 1. The molecular formula is C14H24O6. The summed E-state index contributed by atoms with van der Waals surface area (Å²) in [4.78, 5) is 22.7. The Morgan fingerprint density at radius 2 is 1.60 bits per heavy atom. The van der Waals surface area contributed by atoms with E-state index in [1.807, 2.05) is 13.8 Å². The molecule has 0 aromatic heterocycles. The first-order valence-corrected chi connectivity index (χ1v) is 6.63. The van der Waals surface area contributed by atoms with Crippen molar-refractivity contribution in [3.05, 3.63) is 12.2 Å². The van der Waals surface area contributed by atoms with Crippen LogP contribution in [0.3, 0.4) is 0 Å². The van der Waals surface area contributed by atoms with E-state index in [1.54, 1.807) is 14.0 Å². The second-order valence-electron chi connectivity index (χ2n) is 4.35. The highest BCUT2D eigenvalue weighted by Crippen LogP contribution is 2.05. The van der Waals surface area contributed by atoms with E-state index in [0.29, 0.717) is 12.0 Å². The Bertz CT molecular complexity index is 322. The Morgan fingerprint density at radius 1 is 1.05 bits per heavy atom. The van der Waals surface area contributed by atoms with E-state index in [2.05, 4.69) is 6.58 Å². The van der Waals surface area contributed by atoms with Crippen LogP contribution in [0.1, 0.15) is 33.6 Å². The largest absolute Gasteiger partial charge is 0.508 e. The first-order chi connectivity index (χ1) is 9.44. The fourth-order valence-corrected chi connectivity index (χ4v) is 1.21. The summed E-state index contributed by atoms with van der Waals surface area (Å²) in [5.41, 5.74) is 0.299. The molecule has 0 aliphatic heterocycles. The van der Waals surface area contributed by atoms with Crippen molar-refractivity contribution in [2.75, 3.05) is 20.3 Å². The highest BCUT2D eigenvalue weighted by molar-refractivity contribution is 5.86. The molecular weight excluding hydrogens is 264 g/mol. The van der Waals surface area contributed by atoms with Crippen molar-refractivity contribution in [3.63, 3.8) is 0 Å². The van der Waals surface area contributed by atoms with Crippen LogP contribution in [0.15, 0.2) is 12.2 Å². The van der Waals surface area contributed by atoms with Crippen LogP contribution in [0.4, 0.5) is 4.79 Å². The van der Waals surface area contributed by atoms with Gasteiger partial charge in [-0.15, -0.1) is 0 Å². The quantitative estimate of drug-likeness (QED) is 0.479. The van der Waals surface area contributed by atoms with Crippen LogP contribution >= 0.6 is 0 Å². The van der Waals surface area contributed by atoms with Gasteiger partial charge in [-0.05, 0) is 19.8 Å². The number of hydrogen-bond donors (Lipinski definition) is 0. The van der Waals surface area contributed by atoms with Crippen LogP contribution in [0.25, 0.3) is 0 Å². The zero-order chi connectivity index (χ0) is 15.5. The summed E-state index contributed by atoms with van der Waals surface area (Å²) < 4.78 is 20.0. The second-order valence-corrected chi connectivity index (χ2v) is 4.35. The van der Waals surface area contributed by atoms with Gasteiger partial charge in [-0.2, -0.15) is 0 Å². The second kappa shape index (κ2) is 10.3. The molecule has 20 heavy (non-hydrogen) atoms. The molecule has 0 spiro atoms. The molecule has 0 saturated heterocycles. The molecule has 2 atom stereocenters. The van der Waals surface area contributed by atoms with Crippen LogP contribution in [0, 0.1) is 0 Å². The summed E-state index contributed by atoms with van der Waals surface area (Å²) in [5.74, 6) is -0.508. The summed E-state index contributed by atoms with van der Waals surface area (Å²) in [6, 6.07) is 0. The third-order valence-corrected chi connectivity index (χ3v) is 2.64. The van der Waals surface area contributed by atoms with Gasteiger partial charge in [0, 0.05) is 12.7 Å². The van der Waals surface area contributed by atoms with Crippen LogP contribution in [0.2, 0.25) is 0 Å². The molecule has 0 aliphatic rings. The first-order valence-electron chi connectivity index (χ1n) is 6.63. The van der Waals surface area contributed by atoms with E-state index >= 15 is 0 Å². The summed E-state index contributed by atoms with van der Waals surface area (Å²) in [5, 5.41) is 0. The minimum atomic E-state index is -0.793. The molecule has 6 nitrogen and oxygen atoms in total. The lowest BCUT2D eigenvalue weighted by molar-refractivity contribution is -0.142. The monoisotopic (exact) mass is 288 g/mol. The molecule has 0 aliphatic carbocycles. The van der Waals surface area contributed by atoms with Gasteiger partial charge in [-0.25, -0.2) is 9.59 Å². The summed E-state index contributed by atoms with van der Waals surface area (Å²) >= 11 is 0. The smallest absolute Gasteiger partial charge is 0.458 e. The van der Waals surface area contributed by atoms with Gasteiger partial charge >= 0.3 is 12.1 Å². The first kappa shape index (κ1) is 18.4. The SMILES string of the molecule is C=C(C)C(=O)OCC(CC)OC(=O)OCC(CC)OC. The molecule has 0 saturated carbocycles. The van der Waals surface area contributed by atoms with Crippen molar-refractivity contribution in [2.45, 2.75) is 45.8 Å². The van der Waals surface area contributed by atoms with E-state index in [0.717, 1.165) is 6.42 Å². The Labute approximate surface area is 120 Å². The van der Waals surface area contributed by atoms with Crippen molar-refractivity contribution in [2.24, 2.45) is 0 Å². The minimum Gasteiger partial charge on any atom is -0.458 e. The van der Waals surface area contributed by atoms with Gasteiger partial charge < -0.3 is 18.9 Å². The molecule has 2 unspecified atom stereocenters. The number of hydrogen-bond acceptors (Lipinski definition) is 6. The molecule has 6 heteroatoms. The normalized spacial score (nSPS) is 13.2. The fourth-order valence-electron chi connectivity index (χ4n) is 1.21. The van der Waals surface area contributed by atoms with Crippen molar-refractivity contribution in [3.8, 4) is 0 Å². The van der Waals surface area contributed by atoms with Crippen LogP contribution < -0.4 is 0 Å². The van der Waals surface area contributed by atoms with Crippen LogP contribution in [-0.2, 0) is 23.7 Å². The average Bonchev–Trinajstić information content (AvgIpc) is 2.43. The molecule has 0 N–H and O–H groups in total. The lowest BCUT2D eigenvalue weighted by Crippen LogP contribution is -2.27. The van der Waals surface area contributed by atoms with Gasteiger partial charge in [0.15, 0.2) is 0 Å². The number of carbonyl (C=O) groups excluding carboxylic acids is 2. The zero-order valence-electron chi connectivity index (χ0n) is 12.6. The molecule has 0 rings (SSSR count). The molecule has 0 aromatic rings. The maximum absolute atomic E-state index is 11.5. The van der Waals surface area contributed by atoms with Gasteiger partial charge in [-0.3, -0.25) is 0 Å². The Balaban J connectivity index is 4.06. The van der Waals surface area contributed by atoms with Crippen LogP contribution in [-0.4, -0.2) is 44.7 Å². The standard InChI is InChI=1S/C14H24O6/c1-6-11(17-5)8-19-14(16)20-12(7-2)9-18-13(15)10(3)4/h11-12H,3,6-9H2,1-2,4-5H3. The van der Waals surface area contributed by atoms with Gasteiger partial charge in [0.2, 0.25) is 0 Å². The van der Waals surface area contributed by atoms with Gasteiger partial charge in [0.25, 0.3) is 0 Å². The van der Waals surface area contributed by atoms with Gasteiger partial charge in [0.1, 0.15) is 19.3 Å². The lowest BCUT2D eigenvalue weighted by Gasteiger charge is -2.17. The van der Waals surface area contributed by atoms with Crippen LogP contribution in [0.5, 0.6) is 0 Å². The highest BCUT2D eigenvalue weighted by atomic mass is 16.7. The maximum Gasteiger partial charge on any atom is 0.508 e. The Hall–Kier alpha value is -1.56. The predicted octanol–water partition coefficient (Wildman–Crippen LogP) is 2.46. The molecule has 0 heterocycles. The summed E-state index contributed by atoms with van der Waals surface area (Å²) in [6.45, 7) is 8.88. The Kier molecular flexibility index (Phi) is 9.45. The molecule has 0 bridgehead atoms. The molecule has 116 valence electrons. The Morgan fingerprint density at radius 3 is 2.05 bits per heavy atom. The topological polar surface area (TPSA) is 71.1 Å². The van der Waals surface area contributed by atoms with Crippen molar-refractivity contribution in [1.82, 2.24) is 0 Å². The minimum absolute atomic E-state index is 0.0151. The van der Waals surface area contributed by atoms with Crippen molar-refractivity contribution < 1.29 is 28.5 Å². The third-order valence-electron chi connectivity index (χ3n) is 2.64. The van der Waals surface area contributed by atoms with E-state index in [9.17, 15) is 9.59 Å². The predicted molar refractivity (Wildman–Crippen MR) is 73.4 cm³/mol. The molecule has 0 amide bonds. The summed E-state index contributed by atoms with van der Waals surface area (Å²) in [6.07, 6.45) is -0.229. The highest BCUT2D eigenvalue weighted by Gasteiger charge is 2.17. The third kappa shape index (κ3) is 7.78. The molecule has 0 aromatic carbocycles. The van der Waals surface area contributed by atoms with Crippen molar-refractivity contribution >= 4 is 12.1 Å². The number of carbonyl (C=O) groups is 2. The number of ether oxygens (including phenoxy) is 4. The van der Waals surface area contributed by atoms with Gasteiger partial charge in [-0.1, -0.05) is 20.4 Å². The fraction of sp³-hybridized carbons (Fsp3) is 0.714. The molecule has 0 fully saturated rings. The van der Waals surface area contributed by atoms with E-state index in [-0.39, 0.29) is 19.3 Å². The average molecular weight is 288 g/mol. The molecule has 0 radical (unpaired) electrons. The van der Waals surface area contributed by atoms with E-state index in [4.69, 9.17) is 18.9 Å². The van der Waals surface area contributed by atoms with E-state index in [1.165, 1.54) is 0 Å². The zero-order valence-corrected chi connectivity index (χ0v) is 12.6. The number of rotatable bonds is 9.